The molecule has 0 saturated heterocycles. The minimum Gasteiger partial charge on any atom is -0.449 e. The summed E-state index contributed by atoms with van der Waals surface area (Å²) in [6, 6.07) is 3.44. The maximum absolute atomic E-state index is 12.1. The smallest absolute Gasteiger partial charge is 0.449 e. The number of amides is 2. The first-order chi connectivity index (χ1) is 13.2. The lowest BCUT2D eigenvalue weighted by molar-refractivity contribution is -0.274. The zero-order valence-corrected chi connectivity index (χ0v) is 14.3. The molecular weight excluding hydrogens is 389 g/mol. The number of ether oxygens (including phenoxy) is 3. The van der Waals surface area contributed by atoms with Gasteiger partial charge in [0.1, 0.15) is 5.75 Å². The van der Waals surface area contributed by atoms with E-state index in [4.69, 9.17) is 9.84 Å². The molecule has 0 aliphatic rings. The van der Waals surface area contributed by atoms with Crippen molar-refractivity contribution in [3.63, 3.8) is 0 Å². The number of benzene rings is 1. The van der Waals surface area contributed by atoms with E-state index in [1.165, 1.54) is 30.0 Å². The minimum absolute atomic E-state index is 0.0122. The standard InChI is InChI=1S/C15H15F3N4O6/c1-26-7-6-22-8-11(21-13(22)27-14(24)25)20-12(23)19-9-2-4-10(5-3-9)28-15(16,17)18/h2-5,8H,6-7H2,1H3,(H,24,25)(H2,19,20,23). The van der Waals surface area contributed by atoms with Gasteiger partial charge in [-0.2, -0.15) is 4.98 Å². The SMILES string of the molecule is COCCn1cc(NC(=O)Nc2ccc(OC(F)(F)F)cc2)nc1OC(=O)O. The molecule has 1 aromatic carbocycles. The Morgan fingerprint density at radius 2 is 1.89 bits per heavy atom. The molecule has 2 amide bonds. The Morgan fingerprint density at radius 3 is 2.46 bits per heavy atom. The van der Waals surface area contributed by atoms with Crippen LogP contribution in [-0.4, -0.2) is 46.9 Å². The number of anilines is 2. The molecule has 1 aromatic heterocycles. The molecule has 0 saturated carbocycles. The first-order valence-corrected chi connectivity index (χ1v) is 7.57. The monoisotopic (exact) mass is 404 g/mol. The summed E-state index contributed by atoms with van der Waals surface area (Å²) in [4.78, 5) is 26.5. The number of imidazole rings is 1. The van der Waals surface area contributed by atoms with Crippen molar-refractivity contribution in [2.75, 3.05) is 24.4 Å². The number of urea groups is 1. The summed E-state index contributed by atoms with van der Waals surface area (Å²) in [5.41, 5.74) is 0.188. The van der Waals surface area contributed by atoms with Crippen molar-refractivity contribution >= 4 is 23.7 Å². The fourth-order valence-electron chi connectivity index (χ4n) is 1.99. The summed E-state index contributed by atoms with van der Waals surface area (Å²) < 4.78 is 50.8. The molecule has 0 radical (unpaired) electrons. The van der Waals surface area contributed by atoms with Crippen LogP contribution in [0.4, 0.5) is 34.3 Å². The normalized spacial score (nSPS) is 11.0. The number of rotatable bonds is 7. The van der Waals surface area contributed by atoms with E-state index in [1.54, 1.807) is 0 Å². The summed E-state index contributed by atoms with van der Waals surface area (Å²) in [6.07, 6.45) is -5.07. The lowest BCUT2D eigenvalue weighted by atomic mass is 10.3. The Balaban J connectivity index is 2.00. The van der Waals surface area contributed by atoms with Crippen molar-refractivity contribution in [1.29, 1.82) is 0 Å². The lowest BCUT2D eigenvalue weighted by Gasteiger charge is -2.10. The van der Waals surface area contributed by atoms with Gasteiger partial charge in [0, 0.05) is 12.8 Å². The Labute approximate surface area is 155 Å². The van der Waals surface area contributed by atoms with Crippen molar-refractivity contribution in [2.45, 2.75) is 12.9 Å². The van der Waals surface area contributed by atoms with Gasteiger partial charge in [-0.1, -0.05) is 0 Å². The number of hydrogen-bond acceptors (Lipinski definition) is 6. The van der Waals surface area contributed by atoms with Gasteiger partial charge >= 0.3 is 24.6 Å². The number of carbonyl (C=O) groups is 2. The van der Waals surface area contributed by atoms with Crippen LogP contribution in [0, 0.1) is 0 Å². The summed E-state index contributed by atoms with van der Waals surface area (Å²) in [5, 5.41) is 13.4. The van der Waals surface area contributed by atoms with E-state index in [0.717, 1.165) is 12.1 Å². The van der Waals surface area contributed by atoms with E-state index in [2.05, 4.69) is 25.1 Å². The van der Waals surface area contributed by atoms with E-state index in [0.29, 0.717) is 0 Å². The second-order valence-corrected chi connectivity index (χ2v) is 5.11. The maximum atomic E-state index is 12.1. The maximum Gasteiger partial charge on any atom is 0.573 e. The Hall–Kier alpha value is -3.48. The minimum atomic E-state index is -4.82. The summed E-state index contributed by atoms with van der Waals surface area (Å²) in [7, 11) is 1.45. The third-order valence-corrected chi connectivity index (χ3v) is 3.04. The van der Waals surface area contributed by atoms with Crippen molar-refractivity contribution in [3.8, 4) is 11.8 Å². The van der Waals surface area contributed by atoms with Crippen molar-refractivity contribution in [3.05, 3.63) is 30.5 Å². The number of halogens is 3. The van der Waals surface area contributed by atoms with Gasteiger partial charge in [-0.05, 0) is 24.3 Å². The number of aromatic nitrogens is 2. The molecule has 152 valence electrons. The number of methoxy groups -OCH3 is 1. The molecule has 2 rings (SSSR count). The topological polar surface area (TPSA) is 124 Å². The molecular formula is C15H15F3N4O6. The van der Waals surface area contributed by atoms with Crippen LogP contribution in [0.1, 0.15) is 0 Å². The van der Waals surface area contributed by atoms with E-state index < -0.39 is 24.3 Å². The van der Waals surface area contributed by atoms with E-state index in [9.17, 15) is 22.8 Å². The predicted octanol–water partition coefficient (Wildman–Crippen LogP) is 3.13. The molecule has 0 atom stereocenters. The van der Waals surface area contributed by atoms with Gasteiger partial charge in [0.05, 0.1) is 19.3 Å². The van der Waals surface area contributed by atoms with E-state index in [-0.39, 0.29) is 30.7 Å². The van der Waals surface area contributed by atoms with E-state index >= 15 is 0 Å². The Morgan fingerprint density at radius 1 is 1.21 bits per heavy atom. The molecule has 3 N–H and O–H groups in total. The molecule has 1 heterocycles. The summed E-state index contributed by atoms with van der Waals surface area (Å²) >= 11 is 0. The highest BCUT2D eigenvalue weighted by molar-refractivity contribution is 5.99. The van der Waals surface area contributed by atoms with Crippen molar-refractivity contribution in [2.24, 2.45) is 0 Å². The van der Waals surface area contributed by atoms with E-state index in [1.807, 2.05) is 0 Å². The van der Waals surface area contributed by atoms with Crippen LogP contribution in [0.2, 0.25) is 0 Å². The number of carbonyl (C=O) groups excluding carboxylic acids is 1. The Bertz CT molecular complexity index is 822. The van der Waals surface area contributed by atoms with Gasteiger partial charge in [-0.25, -0.2) is 9.59 Å². The second kappa shape index (κ2) is 8.94. The second-order valence-electron chi connectivity index (χ2n) is 5.11. The molecule has 10 nitrogen and oxygen atoms in total. The molecule has 0 aliphatic heterocycles. The largest absolute Gasteiger partial charge is 0.573 e. The summed E-state index contributed by atoms with van der Waals surface area (Å²) in [5.74, 6) is -0.451. The summed E-state index contributed by atoms with van der Waals surface area (Å²) in [6.45, 7) is 0.459. The van der Waals surface area contributed by atoms with Gasteiger partial charge in [0.2, 0.25) is 0 Å². The fraction of sp³-hybridized carbons (Fsp3) is 0.267. The molecule has 0 spiro atoms. The molecule has 0 fully saturated rings. The molecule has 13 heteroatoms. The number of alkyl halides is 3. The van der Waals surface area contributed by atoms with Gasteiger partial charge in [0.15, 0.2) is 5.82 Å². The first kappa shape index (κ1) is 20.8. The van der Waals surface area contributed by atoms with Gasteiger partial charge in [0.25, 0.3) is 0 Å². The molecule has 0 unspecified atom stereocenters. The van der Waals surface area contributed by atoms with Gasteiger partial charge in [-0.3, -0.25) is 9.88 Å². The average molecular weight is 404 g/mol. The number of carboxylic acid groups (broad SMARTS) is 1. The average Bonchev–Trinajstić information content (AvgIpc) is 2.93. The van der Waals surface area contributed by atoms with Crippen LogP contribution < -0.4 is 20.1 Å². The quantitative estimate of drug-likeness (QED) is 0.606. The molecule has 0 bridgehead atoms. The molecule has 2 aromatic rings. The van der Waals surface area contributed by atoms with Gasteiger partial charge < -0.3 is 24.6 Å². The zero-order chi connectivity index (χ0) is 20.7. The van der Waals surface area contributed by atoms with Crippen molar-refractivity contribution in [1.82, 2.24) is 9.55 Å². The highest BCUT2D eigenvalue weighted by Crippen LogP contribution is 2.24. The molecule has 0 aliphatic carbocycles. The highest BCUT2D eigenvalue weighted by atomic mass is 19.4. The highest BCUT2D eigenvalue weighted by Gasteiger charge is 2.31. The van der Waals surface area contributed by atoms with Crippen LogP contribution in [0.3, 0.4) is 0 Å². The van der Waals surface area contributed by atoms with Gasteiger partial charge in [-0.15, -0.1) is 13.2 Å². The van der Waals surface area contributed by atoms with Crippen LogP contribution in [-0.2, 0) is 11.3 Å². The predicted molar refractivity (Wildman–Crippen MR) is 88.5 cm³/mol. The Kier molecular flexibility index (Phi) is 6.65. The lowest BCUT2D eigenvalue weighted by Crippen LogP contribution is -2.20. The van der Waals surface area contributed by atoms with Crippen LogP contribution in [0.5, 0.6) is 11.8 Å². The first-order valence-electron chi connectivity index (χ1n) is 7.57. The van der Waals surface area contributed by atoms with Crippen LogP contribution in [0.15, 0.2) is 30.5 Å². The zero-order valence-electron chi connectivity index (χ0n) is 14.3. The third kappa shape index (κ3) is 6.68. The molecule has 28 heavy (non-hydrogen) atoms. The number of nitrogens with zero attached hydrogens (tertiary/aromatic N) is 2. The van der Waals surface area contributed by atoms with Crippen LogP contribution >= 0.6 is 0 Å². The van der Waals surface area contributed by atoms with Crippen LogP contribution in [0.25, 0.3) is 0 Å². The third-order valence-electron chi connectivity index (χ3n) is 3.04. The fourth-order valence-corrected chi connectivity index (χ4v) is 1.99. The van der Waals surface area contributed by atoms with Crippen molar-refractivity contribution < 1.29 is 42.1 Å². The number of nitrogens with one attached hydrogen (secondary N) is 2. The number of hydrogen-bond donors (Lipinski definition) is 3.